The van der Waals surface area contributed by atoms with Crippen LogP contribution >= 0.6 is 0 Å². The van der Waals surface area contributed by atoms with Gasteiger partial charge in [-0.25, -0.2) is 0 Å². The molecule has 0 heterocycles. The average Bonchev–Trinajstić information content (AvgIpc) is 2.67. The van der Waals surface area contributed by atoms with E-state index in [1.807, 2.05) is 85.8 Å². The molecule has 0 radical (unpaired) electrons. The van der Waals surface area contributed by atoms with E-state index in [0.717, 1.165) is 16.9 Å². The summed E-state index contributed by atoms with van der Waals surface area (Å²) in [6.45, 7) is 2.66. The lowest BCUT2D eigenvalue weighted by atomic mass is 10.1. The van der Waals surface area contributed by atoms with E-state index in [1.54, 1.807) is 0 Å². The van der Waals surface area contributed by atoms with Gasteiger partial charge in [0, 0.05) is 5.56 Å². The van der Waals surface area contributed by atoms with Gasteiger partial charge in [-0.05, 0) is 30.7 Å². The van der Waals surface area contributed by atoms with Crippen LogP contribution in [0.1, 0.15) is 22.8 Å². The number of para-hydroxylation sites is 1. The Morgan fingerprint density at radius 3 is 2.24 bits per heavy atom. The molecule has 3 nitrogen and oxygen atoms in total. The van der Waals surface area contributed by atoms with E-state index in [1.165, 1.54) is 5.56 Å². The van der Waals surface area contributed by atoms with Crippen molar-refractivity contribution in [3.63, 3.8) is 0 Å². The standard InChI is InChI=1S/C22H22O3/c1-17-11-13-19(14-12-17)24-16-21(23)20-9-5-6-10-22(20)25-15-18-7-3-2-4-8-18/h2-14,21,23H,15-16H2,1H3. The summed E-state index contributed by atoms with van der Waals surface area (Å²) in [5, 5.41) is 10.5. The molecule has 3 aromatic carbocycles. The minimum atomic E-state index is -0.756. The highest BCUT2D eigenvalue weighted by Gasteiger charge is 2.14. The van der Waals surface area contributed by atoms with Crippen LogP contribution in [0.25, 0.3) is 0 Å². The molecule has 0 aliphatic rings. The average molecular weight is 334 g/mol. The molecule has 128 valence electrons. The summed E-state index contributed by atoms with van der Waals surface area (Å²) in [5.41, 5.74) is 2.99. The Morgan fingerprint density at radius 2 is 1.48 bits per heavy atom. The Kier molecular flexibility index (Phi) is 5.70. The second-order valence-corrected chi connectivity index (χ2v) is 5.95. The van der Waals surface area contributed by atoms with E-state index in [2.05, 4.69) is 0 Å². The van der Waals surface area contributed by atoms with Gasteiger partial charge in [0.25, 0.3) is 0 Å². The van der Waals surface area contributed by atoms with Crippen molar-refractivity contribution in [2.24, 2.45) is 0 Å². The highest BCUT2D eigenvalue weighted by atomic mass is 16.5. The van der Waals surface area contributed by atoms with Gasteiger partial charge in [0.2, 0.25) is 0 Å². The quantitative estimate of drug-likeness (QED) is 0.681. The van der Waals surface area contributed by atoms with Gasteiger partial charge in [0.05, 0.1) is 0 Å². The van der Waals surface area contributed by atoms with Crippen LogP contribution in [-0.2, 0) is 6.61 Å². The van der Waals surface area contributed by atoms with Crippen LogP contribution in [0.4, 0.5) is 0 Å². The van der Waals surface area contributed by atoms with E-state index < -0.39 is 6.10 Å². The monoisotopic (exact) mass is 334 g/mol. The third kappa shape index (κ3) is 4.85. The number of rotatable bonds is 7. The van der Waals surface area contributed by atoms with Gasteiger partial charge in [-0.1, -0.05) is 66.2 Å². The second-order valence-electron chi connectivity index (χ2n) is 5.95. The van der Waals surface area contributed by atoms with Crippen molar-refractivity contribution < 1.29 is 14.6 Å². The number of aryl methyl sites for hydroxylation is 1. The van der Waals surface area contributed by atoms with Gasteiger partial charge in [-0.15, -0.1) is 0 Å². The molecule has 0 aromatic heterocycles. The summed E-state index contributed by atoms with van der Waals surface area (Å²) < 4.78 is 11.6. The molecule has 3 heteroatoms. The zero-order valence-electron chi connectivity index (χ0n) is 14.3. The fourth-order valence-electron chi connectivity index (χ4n) is 2.52. The third-order valence-corrected chi connectivity index (χ3v) is 3.94. The fraction of sp³-hybridized carbons (Fsp3) is 0.182. The zero-order chi connectivity index (χ0) is 17.5. The van der Waals surface area contributed by atoms with Crippen LogP contribution < -0.4 is 9.47 Å². The van der Waals surface area contributed by atoms with Crippen molar-refractivity contribution in [2.75, 3.05) is 6.61 Å². The predicted octanol–water partition coefficient (Wildman–Crippen LogP) is 4.69. The Hall–Kier alpha value is -2.78. The Balaban J connectivity index is 1.63. The minimum Gasteiger partial charge on any atom is -0.491 e. The molecular weight excluding hydrogens is 312 g/mol. The molecule has 0 fully saturated rings. The molecule has 0 saturated heterocycles. The maximum absolute atomic E-state index is 10.5. The molecule has 0 aliphatic heterocycles. The first-order valence-electron chi connectivity index (χ1n) is 8.35. The van der Waals surface area contributed by atoms with Crippen molar-refractivity contribution in [3.8, 4) is 11.5 Å². The Labute approximate surface area is 148 Å². The van der Waals surface area contributed by atoms with Gasteiger partial charge >= 0.3 is 0 Å². The lowest BCUT2D eigenvalue weighted by Crippen LogP contribution is -2.11. The van der Waals surface area contributed by atoms with E-state index in [0.29, 0.717) is 12.4 Å². The maximum Gasteiger partial charge on any atom is 0.125 e. The topological polar surface area (TPSA) is 38.7 Å². The van der Waals surface area contributed by atoms with Crippen LogP contribution in [-0.4, -0.2) is 11.7 Å². The molecule has 0 saturated carbocycles. The number of hydrogen-bond acceptors (Lipinski definition) is 3. The molecule has 0 aliphatic carbocycles. The van der Waals surface area contributed by atoms with E-state index in [-0.39, 0.29) is 6.61 Å². The maximum atomic E-state index is 10.5. The molecule has 3 aromatic rings. The summed E-state index contributed by atoms with van der Waals surface area (Å²) in [5.74, 6) is 1.42. The largest absolute Gasteiger partial charge is 0.491 e. The highest BCUT2D eigenvalue weighted by Crippen LogP contribution is 2.26. The number of benzene rings is 3. The van der Waals surface area contributed by atoms with E-state index in [9.17, 15) is 5.11 Å². The van der Waals surface area contributed by atoms with Crippen molar-refractivity contribution >= 4 is 0 Å². The summed E-state index contributed by atoms with van der Waals surface area (Å²) in [7, 11) is 0. The van der Waals surface area contributed by atoms with Gasteiger partial charge in [0.1, 0.15) is 30.8 Å². The smallest absolute Gasteiger partial charge is 0.125 e. The predicted molar refractivity (Wildman–Crippen MR) is 98.8 cm³/mol. The SMILES string of the molecule is Cc1ccc(OCC(O)c2ccccc2OCc2ccccc2)cc1. The van der Waals surface area contributed by atoms with Crippen LogP contribution in [0, 0.1) is 6.92 Å². The summed E-state index contributed by atoms with van der Waals surface area (Å²) in [6.07, 6.45) is -0.756. The first-order chi connectivity index (χ1) is 12.2. The minimum absolute atomic E-state index is 0.175. The third-order valence-electron chi connectivity index (χ3n) is 3.94. The number of aliphatic hydroxyl groups is 1. The molecule has 1 N–H and O–H groups in total. The number of hydrogen-bond donors (Lipinski definition) is 1. The Bertz CT molecular complexity index is 782. The molecule has 1 unspecified atom stereocenters. The molecule has 1 atom stereocenters. The molecule has 0 bridgehead atoms. The van der Waals surface area contributed by atoms with E-state index in [4.69, 9.17) is 9.47 Å². The van der Waals surface area contributed by atoms with Crippen LogP contribution in [0.3, 0.4) is 0 Å². The molecule has 0 spiro atoms. The first-order valence-corrected chi connectivity index (χ1v) is 8.35. The van der Waals surface area contributed by atoms with Gasteiger partial charge in [-0.2, -0.15) is 0 Å². The molecule has 25 heavy (non-hydrogen) atoms. The van der Waals surface area contributed by atoms with Crippen molar-refractivity contribution in [1.82, 2.24) is 0 Å². The fourth-order valence-corrected chi connectivity index (χ4v) is 2.52. The first kappa shape index (κ1) is 17.1. The van der Waals surface area contributed by atoms with Gasteiger partial charge in [-0.3, -0.25) is 0 Å². The summed E-state index contributed by atoms with van der Waals surface area (Å²) in [6, 6.07) is 25.3. The lowest BCUT2D eigenvalue weighted by Gasteiger charge is -2.17. The normalized spacial score (nSPS) is 11.8. The van der Waals surface area contributed by atoms with Crippen molar-refractivity contribution in [3.05, 3.63) is 95.6 Å². The summed E-state index contributed by atoms with van der Waals surface area (Å²) >= 11 is 0. The molecular formula is C22H22O3. The van der Waals surface area contributed by atoms with Crippen LogP contribution in [0.2, 0.25) is 0 Å². The lowest BCUT2D eigenvalue weighted by molar-refractivity contribution is 0.104. The zero-order valence-corrected chi connectivity index (χ0v) is 14.3. The summed E-state index contributed by atoms with van der Waals surface area (Å²) in [4.78, 5) is 0. The van der Waals surface area contributed by atoms with Crippen molar-refractivity contribution in [2.45, 2.75) is 19.6 Å². The number of aliphatic hydroxyl groups excluding tert-OH is 1. The molecule has 0 amide bonds. The van der Waals surface area contributed by atoms with E-state index >= 15 is 0 Å². The van der Waals surface area contributed by atoms with Crippen LogP contribution in [0.5, 0.6) is 11.5 Å². The highest BCUT2D eigenvalue weighted by molar-refractivity contribution is 5.36. The van der Waals surface area contributed by atoms with Crippen molar-refractivity contribution in [1.29, 1.82) is 0 Å². The van der Waals surface area contributed by atoms with Crippen LogP contribution in [0.15, 0.2) is 78.9 Å². The Morgan fingerprint density at radius 1 is 0.800 bits per heavy atom. The van der Waals surface area contributed by atoms with Gasteiger partial charge < -0.3 is 14.6 Å². The second kappa shape index (κ2) is 8.36. The molecule has 3 rings (SSSR count). The number of ether oxygens (including phenoxy) is 2. The van der Waals surface area contributed by atoms with Gasteiger partial charge in [0.15, 0.2) is 0 Å².